The van der Waals surface area contributed by atoms with Crippen molar-refractivity contribution in [2.75, 3.05) is 39.4 Å². The van der Waals surface area contributed by atoms with Crippen LogP contribution in [0.3, 0.4) is 0 Å². The number of hydrogen-bond donors (Lipinski definition) is 1. The number of rotatable bonds is 3. The maximum absolute atomic E-state index is 12.3. The normalized spacial score (nSPS) is 23.8. The van der Waals surface area contributed by atoms with Crippen molar-refractivity contribution in [3.63, 3.8) is 0 Å². The van der Waals surface area contributed by atoms with E-state index in [0.717, 1.165) is 13.1 Å². The number of amides is 1. The summed E-state index contributed by atoms with van der Waals surface area (Å²) in [4.78, 5) is 14.2. The molecule has 6 nitrogen and oxygen atoms in total. The fourth-order valence-corrected chi connectivity index (χ4v) is 2.97. The highest BCUT2D eigenvalue weighted by atomic mass is 16.5. The predicted octanol–water partition coefficient (Wildman–Crippen LogP) is 0.209. The molecule has 0 spiro atoms. The maximum atomic E-state index is 12.3. The van der Waals surface area contributed by atoms with E-state index in [1.807, 2.05) is 15.6 Å². The number of aromatic nitrogens is 2. The van der Waals surface area contributed by atoms with Gasteiger partial charge in [-0.15, -0.1) is 0 Å². The molecule has 110 valence electrons. The van der Waals surface area contributed by atoms with Crippen LogP contribution in [0.15, 0.2) is 12.3 Å². The first-order chi connectivity index (χ1) is 9.84. The van der Waals surface area contributed by atoms with Crippen molar-refractivity contribution < 1.29 is 9.53 Å². The molecule has 0 unspecified atom stereocenters. The van der Waals surface area contributed by atoms with Crippen molar-refractivity contribution in [1.82, 2.24) is 20.0 Å². The lowest BCUT2D eigenvalue weighted by Crippen LogP contribution is -2.42. The number of piperidine rings is 1. The second-order valence-electron chi connectivity index (χ2n) is 5.45. The van der Waals surface area contributed by atoms with E-state index in [-0.39, 0.29) is 5.91 Å². The summed E-state index contributed by atoms with van der Waals surface area (Å²) in [6.07, 6.45) is 4.16. The average Bonchev–Trinajstić information content (AvgIpc) is 2.97. The Morgan fingerprint density at radius 3 is 3.05 bits per heavy atom. The summed E-state index contributed by atoms with van der Waals surface area (Å²) < 4.78 is 7.15. The van der Waals surface area contributed by atoms with Crippen LogP contribution in [0.5, 0.6) is 0 Å². The van der Waals surface area contributed by atoms with E-state index >= 15 is 0 Å². The van der Waals surface area contributed by atoms with E-state index in [9.17, 15) is 4.79 Å². The first-order valence-electron chi connectivity index (χ1n) is 7.42. The van der Waals surface area contributed by atoms with Crippen LogP contribution in [0.4, 0.5) is 0 Å². The highest BCUT2D eigenvalue weighted by molar-refractivity contribution is 5.76. The van der Waals surface area contributed by atoms with Gasteiger partial charge < -0.3 is 15.0 Å². The Balaban J connectivity index is 1.65. The van der Waals surface area contributed by atoms with Crippen LogP contribution in [0.2, 0.25) is 0 Å². The van der Waals surface area contributed by atoms with Gasteiger partial charge in [0.15, 0.2) is 0 Å². The molecule has 20 heavy (non-hydrogen) atoms. The highest BCUT2D eigenvalue weighted by Crippen LogP contribution is 2.22. The third kappa shape index (κ3) is 3.02. The lowest BCUT2D eigenvalue weighted by Gasteiger charge is -2.28. The van der Waals surface area contributed by atoms with Crippen LogP contribution < -0.4 is 5.32 Å². The van der Waals surface area contributed by atoms with Gasteiger partial charge in [0.2, 0.25) is 5.91 Å². The SMILES string of the molecule is O=C(Cn1nccc1[C@H]1CCCNC1)N1CCOCC1. The molecule has 2 aliphatic rings. The Kier molecular flexibility index (Phi) is 4.32. The third-order valence-corrected chi connectivity index (χ3v) is 4.11. The summed E-state index contributed by atoms with van der Waals surface area (Å²) in [5.41, 5.74) is 1.18. The van der Waals surface area contributed by atoms with Gasteiger partial charge in [0.25, 0.3) is 0 Å². The summed E-state index contributed by atoms with van der Waals surface area (Å²) in [6, 6.07) is 2.05. The Labute approximate surface area is 119 Å². The van der Waals surface area contributed by atoms with E-state index in [4.69, 9.17) is 4.74 Å². The van der Waals surface area contributed by atoms with Crippen molar-refractivity contribution in [2.45, 2.75) is 25.3 Å². The quantitative estimate of drug-likeness (QED) is 0.858. The van der Waals surface area contributed by atoms with Gasteiger partial charge in [0.05, 0.1) is 13.2 Å². The zero-order valence-electron chi connectivity index (χ0n) is 11.8. The second kappa shape index (κ2) is 6.37. The number of nitrogens with one attached hydrogen (secondary N) is 1. The number of ether oxygens (including phenoxy) is 1. The molecule has 0 saturated carbocycles. The van der Waals surface area contributed by atoms with E-state index in [0.29, 0.717) is 38.8 Å². The molecule has 3 rings (SSSR count). The zero-order valence-corrected chi connectivity index (χ0v) is 11.8. The van der Waals surface area contributed by atoms with Crippen molar-refractivity contribution in [1.29, 1.82) is 0 Å². The molecular formula is C14H22N4O2. The maximum Gasteiger partial charge on any atom is 0.244 e. The van der Waals surface area contributed by atoms with Crippen molar-refractivity contribution in [3.8, 4) is 0 Å². The minimum absolute atomic E-state index is 0.141. The Morgan fingerprint density at radius 1 is 1.45 bits per heavy atom. The number of carbonyl (C=O) groups excluding carboxylic acids is 1. The molecule has 0 aromatic carbocycles. The van der Waals surface area contributed by atoms with Gasteiger partial charge in [0.1, 0.15) is 6.54 Å². The standard InChI is InChI=1S/C14H22N4O2/c19-14(17-6-8-20-9-7-17)11-18-13(3-5-16-18)12-2-1-4-15-10-12/h3,5,12,15H,1-2,4,6-11H2/t12-/m0/s1. The van der Waals surface area contributed by atoms with Crippen molar-refractivity contribution in [2.24, 2.45) is 0 Å². The van der Waals surface area contributed by atoms with Crippen LogP contribution in [-0.2, 0) is 16.1 Å². The van der Waals surface area contributed by atoms with Gasteiger partial charge in [-0.3, -0.25) is 9.48 Å². The van der Waals surface area contributed by atoms with Gasteiger partial charge in [-0.1, -0.05) is 0 Å². The number of morpholine rings is 1. The number of nitrogens with zero attached hydrogens (tertiary/aromatic N) is 3. The lowest BCUT2D eigenvalue weighted by atomic mass is 9.96. The molecule has 1 aromatic heterocycles. The van der Waals surface area contributed by atoms with Gasteiger partial charge in [-0.2, -0.15) is 5.10 Å². The minimum atomic E-state index is 0.141. The van der Waals surface area contributed by atoms with E-state index in [2.05, 4.69) is 10.4 Å². The molecule has 1 N–H and O–H groups in total. The molecule has 1 aromatic rings. The van der Waals surface area contributed by atoms with Gasteiger partial charge in [-0.25, -0.2) is 0 Å². The van der Waals surface area contributed by atoms with E-state index in [1.165, 1.54) is 18.5 Å². The smallest absolute Gasteiger partial charge is 0.244 e. The molecule has 0 aliphatic carbocycles. The van der Waals surface area contributed by atoms with Gasteiger partial charge in [0, 0.05) is 37.4 Å². The van der Waals surface area contributed by atoms with Gasteiger partial charge in [-0.05, 0) is 25.5 Å². The van der Waals surface area contributed by atoms with Crippen LogP contribution in [0, 0.1) is 0 Å². The molecule has 2 aliphatic heterocycles. The van der Waals surface area contributed by atoms with Crippen LogP contribution in [0.1, 0.15) is 24.5 Å². The van der Waals surface area contributed by atoms with Gasteiger partial charge >= 0.3 is 0 Å². The second-order valence-corrected chi connectivity index (χ2v) is 5.45. The first kappa shape index (κ1) is 13.6. The molecule has 2 fully saturated rings. The Morgan fingerprint density at radius 2 is 2.30 bits per heavy atom. The van der Waals surface area contributed by atoms with E-state index < -0.39 is 0 Å². The summed E-state index contributed by atoms with van der Waals surface area (Å²) in [6.45, 7) is 5.10. The third-order valence-electron chi connectivity index (χ3n) is 4.11. The molecule has 0 radical (unpaired) electrons. The van der Waals surface area contributed by atoms with Crippen LogP contribution >= 0.6 is 0 Å². The molecule has 0 bridgehead atoms. The summed E-state index contributed by atoms with van der Waals surface area (Å²) >= 11 is 0. The predicted molar refractivity (Wildman–Crippen MR) is 74.5 cm³/mol. The lowest BCUT2D eigenvalue weighted by molar-refractivity contribution is -0.136. The summed E-state index contributed by atoms with van der Waals surface area (Å²) in [5, 5.41) is 7.75. The molecule has 1 amide bonds. The molecule has 6 heteroatoms. The zero-order chi connectivity index (χ0) is 13.8. The molecule has 3 heterocycles. The summed E-state index contributed by atoms with van der Waals surface area (Å²) in [7, 11) is 0. The number of hydrogen-bond acceptors (Lipinski definition) is 4. The minimum Gasteiger partial charge on any atom is -0.378 e. The molecule has 1 atom stereocenters. The largest absolute Gasteiger partial charge is 0.378 e. The average molecular weight is 278 g/mol. The molecule has 2 saturated heterocycles. The topological polar surface area (TPSA) is 59.4 Å². The summed E-state index contributed by atoms with van der Waals surface area (Å²) in [5.74, 6) is 0.616. The van der Waals surface area contributed by atoms with E-state index in [1.54, 1.807) is 6.20 Å². The highest BCUT2D eigenvalue weighted by Gasteiger charge is 2.22. The van der Waals surface area contributed by atoms with Crippen LogP contribution in [0.25, 0.3) is 0 Å². The fourth-order valence-electron chi connectivity index (χ4n) is 2.97. The van der Waals surface area contributed by atoms with Crippen molar-refractivity contribution in [3.05, 3.63) is 18.0 Å². The van der Waals surface area contributed by atoms with Crippen LogP contribution in [-0.4, -0.2) is 60.0 Å². The monoisotopic (exact) mass is 278 g/mol. The fraction of sp³-hybridized carbons (Fsp3) is 0.714. The number of carbonyl (C=O) groups is 1. The Hall–Kier alpha value is -1.40. The Bertz CT molecular complexity index is 448. The molecular weight excluding hydrogens is 256 g/mol. The van der Waals surface area contributed by atoms with Crippen molar-refractivity contribution >= 4 is 5.91 Å². The first-order valence-corrected chi connectivity index (χ1v) is 7.42.